The molecule has 0 saturated carbocycles. The SMILES string of the molecule is CC/C=C\C/C=C\C/C=C\C/C=C\C/C=C\C/C=C\CCCCCCCCCCC(=O)OCC(COP(=O)(O)OCC(O)COP(=O)(O)OCC(O)COC(=O)CCCCCCCCCCCCCCC/C=C\C/C=C\C/C=C\C/C=C\C/C=C\CC)OC(=O)CCCCCCCCCCCCC. The van der Waals surface area contributed by atoms with E-state index < -0.39 is 91.5 Å². The van der Waals surface area contributed by atoms with Gasteiger partial charge in [-0.2, -0.15) is 0 Å². The number of unbranched alkanes of at least 4 members (excludes halogenated alkanes) is 31. The Morgan fingerprint density at radius 3 is 0.816 bits per heavy atom. The maximum atomic E-state index is 12.9. The average Bonchev–Trinajstić information content (AvgIpc) is 0.912. The molecule has 0 spiro atoms. The first-order valence-corrected chi connectivity index (χ1v) is 43.5. The van der Waals surface area contributed by atoms with Crippen LogP contribution in [0.15, 0.2) is 134 Å². The molecule has 0 fully saturated rings. The maximum Gasteiger partial charge on any atom is 0.472 e. The summed E-state index contributed by atoms with van der Waals surface area (Å²) < 4.78 is 61.1. The van der Waals surface area contributed by atoms with E-state index in [0.29, 0.717) is 19.3 Å². The first kappa shape index (κ1) is 98.7. The smallest absolute Gasteiger partial charge is 0.463 e. The van der Waals surface area contributed by atoms with E-state index in [4.69, 9.17) is 32.3 Å². The third-order valence-corrected chi connectivity index (χ3v) is 18.8. The number of allylic oxidation sites excluding steroid dienone is 22. The van der Waals surface area contributed by atoms with Gasteiger partial charge in [-0.05, 0) is 116 Å². The van der Waals surface area contributed by atoms with Gasteiger partial charge in [0.05, 0.1) is 26.4 Å². The Kier molecular flexibility index (Phi) is 74.1. The molecule has 103 heavy (non-hydrogen) atoms. The van der Waals surface area contributed by atoms with Crippen molar-refractivity contribution in [2.75, 3.05) is 39.6 Å². The second-order valence-corrected chi connectivity index (χ2v) is 29.7. The number of ether oxygens (including phenoxy) is 3. The van der Waals surface area contributed by atoms with Crippen molar-refractivity contribution < 1.29 is 75.8 Å². The van der Waals surface area contributed by atoms with Crippen LogP contribution in [0.5, 0.6) is 0 Å². The molecule has 0 amide bonds. The van der Waals surface area contributed by atoms with Crippen LogP contribution in [0.3, 0.4) is 0 Å². The van der Waals surface area contributed by atoms with Gasteiger partial charge in [0.15, 0.2) is 6.10 Å². The van der Waals surface area contributed by atoms with Crippen LogP contribution < -0.4 is 0 Å². The number of carbonyl (C=O) groups is 3. The van der Waals surface area contributed by atoms with Crippen molar-refractivity contribution in [2.45, 2.75) is 347 Å². The fraction of sp³-hybridized carbons (Fsp3) is 0.706. The lowest BCUT2D eigenvalue weighted by Crippen LogP contribution is -2.30. The zero-order valence-electron chi connectivity index (χ0n) is 64.7. The molecule has 5 unspecified atom stereocenters. The van der Waals surface area contributed by atoms with Gasteiger partial charge in [0.1, 0.15) is 25.4 Å². The highest BCUT2D eigenvalue weighted by Crippen LogP contribution is 2.45. The molecule has 0 aromatic carbocycles. The van der Waals surface area contributed by atoms with Gasteiger partial charge in [-0.25, -0.2) is 9.13 Å². The minimum absolute atomic E-state index is 0.103. The van der Waals surface area contributed by atoms with Gasteiger partial charge in [-0.15, -0.1) is 0 Å². The summed E-state index contributed by atoms with van der Waals surface area (Å²) >= 11 is 0. The fourth-order valence-electron chi connectivity index (χ4n) is 10.8. The van der Waals surface area contributed by atoms with Gasteiger partial charge < -0.3 is 34.2 Å². The zero-order valence-corrected chi connectivity index (χ0v) is 66.5. The summed E-state index contributed by atoms with van der Waals surface area (Å²) in [7, 11) is -9.79. The molecule has 16 nitrogen and oxygen atoms in total. The highest BCUT2D eigenvalue weighted by atomic mass is 31.2. The first-order valence-electron chi connectivity index (χ1n) is 40.5. The monoisotopic (exact) mass is 1490 g/mol. The van der Waals surface area contributed by atoms with Crippen LogP contribution in [-0.4, -0.2) is 95.9 Å². The summed E-state index contributed by atoms with van der Waals surface area (Å²) in [6, 6.07) is 0. The van der Waals surface area contributed by atoms with Crippen molar-refractivity contribution in [1.29, 1.82) is 0 Å². The van der Waals surface area contributed by atoms with Crippen molar-refractivity contribution in [1.82, 2.24) is 0 Å². The predicted molar refractivity (Wildman–Crippen MR) is 426 cm³/mol. The van der Waals surface area contributed by atoms with Crippen LogP contribution in [0.1, 0.15) is 329 Å². The Balaban J connectivity index is 4.45. The normalized spacial score (nSPS) is 14.7. The van der Waals surface area contributed by atoms with Crippen molar-refractivity contribution in [3.8, 4) is 0 Å². The quantitative estimate of drug-likeness (QED) is 0.0146. The molecule has 0 rings (SSSR count). The molecule has 0 aromatic heterocycles. The van der Waals surface area contributed by atoms with E-state index in [9.17, 15) is 43.5 Å². The molecule has 0 aliphatic carbocycles. The van der Waals surface area contributed by atoms with Crippen LogP contribution in [-0.2, 0) is 55.8 Å². The van der Waals surface area contributed by atoms with Crippen LogP contribution in [0.2, 0.25) is 0 Å². The van der Waals surface area contributed by atoms with Crippen LogP contribution >= 0.6 is 15.6 Å². The Hall–Kier alpha value is -4.31. The third kappa shape index (κ3) is 78.6. The second-order valence-electron chi connectivity index (χ2n) is 26.8. The Morgan fingerprint density at radius 2 is 0.515 bits per heavy atom. The molecule has 0 aliphatic heterocycles. The highest BCUT2D eigenvalue weighted by Gasteiger charge is 2.29. The molecule has 0 heterocycles. The van der Waals surface area contributed by atoms with Gasteiger partial charge in [0.25, 0.3) is 0 Å². The van der Waals surface area contributed by atoms with E-state index in [-0.39, 0.29) is 19.3 Å². The molecule has 18 heteroatoms. The zero-order chi connectivity index (χ0) is 75.2. The van der Waals surface area contributed by atoms with E-state index in [0.717, 1.165) is 154 Å². The second kappa shape index (κ2) is 77.3. The molecule has 0 bridgehead atoms. The van der Waals surface area contributed by atoms with Gasteiger partial charge in [-0.3, -0.25) is 32.5 Å². The molecule has 0 saturated heterocycles. The average molecular weight is 1490 g/mol. The molecular formula is C85H146O16P2. The number of aliphatic hydroxyl groups excluding tert-OH is 2. The van der Waals surface area contributed by atoms with Gasteiger partial charge in [-0.1, -0.05) is 328 Å². The van der Waals surface area contributed by atoms with Crippen LogP contribution in [0.25, 0.3) is 0 Å². The van der Waals surface area contributed by atoms with Gasteiger partial charge >= 0.3 is 33.6 Å². The lowest BCUT2D eigenvalue weighted by atomic mass is 10.0. The summed E-state index contributed by atoms with van der Waals surface area (Å²) in [6.07, 6.45) is 93.7. The highest BCUT2D eigenvalue weighted by molar-refractivity contribution is 7.47. The minimum Gasteiger partial charge on any atom is -0.463 e. The largest absolute Gasteiger partial charge is 0.472 e. The van der Waals surface area contributed by atoms with E-state index in [2.05, 4.69) is 154 Å². The maximum absolute atomic E-state index is 12.9. The number of rotatable bonds is 76. The number of hydrogen-bond acceptors (Lipinski definition) is 14. The van der Waals surface area contributed by atoms with Crippen molar-refractivity contribution >= 4 is 33.6 Å². The Bertz CT molecular complexity index is 2410. The molecule has 0 aromatic rings. The number of hydrogen-bond donors (Lipinski definition) is 4. The van der Waals surface area contributed by atoms with Crippen LogP contribution in [0, 0.1) is 0 Å². The number of esters is 3. The predicted octanol–water partition coefficient (Wildman–Crippen LogP) is 23.9. The number of phosphoric ester groups is 2. The summed E-state index contributed by atoms with van der Waals surface area (Å²) in [6.45, 7) is 2.45. The summed E-state index contributed by atoms with van der Waals surface area (Å²) in [5, 5.41) is 20.6. The molecule has 592 valence electrons. The van der Waals surface area contributed by atoms with E-state index in [1.807, 2.05) is 0 Å². The van der Waals surface area contributed by atoms with Crippen molar-refractivity contribution in [3.63, 3.8) is 0 Å². The van der Waals surface area contributed by atoms with Crippen molar-refractivity contribution in [3.05, 3.63) is 134 Å². The molecule has 0 radical (unpaired) electrons. The molecular weight excluding hydrogens is 1340 g/mol. The fourth-order valence-corrected chi connectivity index (χ4v) is 12.4. The summed E-state index contributed by atoms with van der Waals surface area (Å²) in [5.74, 6) is -1.58. The van der Waals surface area contributed by atoms with E-state index >= 15 is 0 Å². The Morgan fingerprint density at radius 1 is 0.282 bits per heavy atom. The number of carbonyl (C=O) groups excluding carboxylic acids is 3. The summed E-state index contributed by atoms with van der Waals surface area (Å²) in [4.78, 5) is 58.6. The first-order chi connectivity index (χ1) is 50.2. The minimum atomic E-state index is -4.93. The molecule has 5 atom stereocenters. The number of aliphatic hydroxyl groups is 2. The molecule has 0 aliphatic rings. The lowest BCUT2D eigenvalue weighted by Gasteiger charge is -2.21. The van der Waals surface area contributed by atoms with Gasteiger partial charge in [0, 0.05) is 19.3 Å². The number of phosphoric acid groups is 2. The van der Waals surface area contributed by atoms with E-state index in [1.54, 1.807) is 0 Å². The molecule has 4 N–H and O–H groups in total. The standard InChI is InChI=1S/C85H146O16P2/c1-4-7-10-13-16-19-22-24-26-28-30-32-34-36-38-39-41-43-44-46-48-50-52-54-57-59-62-65-68-71-83(88)95-74-80(86)75-97-102(91,92)98-76-81(87)77-99-103(93,94)100-79-82(101-85(90)73-70-67-64-61-56-21-18-15-12-9-6-3)78-96-84(89)72-69-66-63-60-58-55-53-51-49-47-45-42-40-37-35-33-31-29-27-25-23-20-17-14-11-8-5-2/h7-8,10-11,16-17,19-20,24-27,30-33,36-38,40,45,47,80-82,86-87H,4-6,9,12-15,18,21-23,28-29,34-35,39,41-44,46,48-79H2,1-3H3,(H,91,92)(H,93,94)/b10-7-,11-8-,19-16-,20-17-,26-24-,27-25-,32-30-,33-31-,38-36-,40-37-,47-45-. The van der Waals surface area contributed by atoms with E-state index in [1.165, 1.54) is 116 Å². The summed E-state index contributed by atoms with van der Waals surface area (Å²) in [5.41, 5.74) is 0. The van der Waals surface area contributed by atoms with Crippen LogP contribution in [0.4, 0.5) is 0 Å². The third-order valence-electron chi connectivity index (χ3n) is 16.9. The lowest BCUT2D eigenvalue weighted by molar-refractivity contribution is -0.161. The topological polar surface area (TPSA) is 231 Å². The van der Waals surface area contributed by atoms with Gasteiger partial charge in [0.2, 0.25) is 0 Å². The van der Waals surface area contributed by atoms with Crippen molar-refractivity contribution in [2.24, 2.45) is 0 Å². The Labute approximate surface area is 626 Å².